The van der Waals surface area contributed by atoms with E-state index in [1.807, 2.05) is 0 Å². The highest BCUT2D eigenvalue weighted by atomic mass is 19.1. The SMILES string of the molecule is O=C(NCCc1ncno1)c1ccc(F)cc1O. The highest BCUT2D eigenvalue weighted by Crippen LogP contribution is 2.17. The third kappa shape index (κ3) is 2.82. The lowest BCUT2D eigenvalue weighted by Gasteiger charge is -2.05. The molecule has 0 bridgehead atoms. The first-order valence-electron chi connectivity index (χ1n) is 5.19. The van der Waals surface area contributed by atoms with Crippen molar-refractivity contribution < 1.29 is 18.8 Å². The molecule has 0 aliphatic carbocycles. The Morgan fingerprint density at radius 1 is 1.50 bits per heavy atom. The number of amides is 1. The zero-order valence-electron chi connectivity index (χ0n) is 9.26. The van der Waals surface area contributed by atoms with Crippen molar-refractivity contribution in [2.45, 2.75) is 6.42 Å². The molecule has 18 heavy (non-hydrogen) atoms. The molecule has 0 spiro atoms. The lowest BCUT2D eigenvalue weighted by atomic mass is 10.2. The normalized spacial score (nSPS) is 10.3. The second kappa shape index (κ2) is 5.26. The van der Waals surface area contributed by atoms with Gasteiger partial charge in [-0.3, -0.25) is 4.79 Å². The Balaban J connectivity index is 1.91. The molecule has 1 amide bonds. The molecule has 0 aliphatic rings. The van der Waals surface area contributed by atoms with Crippen molar-refractivity contribution in [3.63, 3.8) is 0 Å². The number of aromatic nitrogens is 2. The molecule has 2 rings (SSSR count). The number of nitrogens with zero attached hydrogens (tertiary/aromatic N) is 2. The van der Waals surface area contributed by atoms with Crippen LogP contribution in [0.5, 0.6) is 5.75 Å². The van der Waals surface area contributed by atoms with Crippen LogP contribution >= 0.6 is 0 Å². The molecular weight excluding hydrogens is 241 g/mol. The molecule has 0 fully saturated rings. The molecule has 0 unspecified atom stereocenters. The smallest absolute Gasteiger partial charge is 0.255 e. The van der Waals surface area contributed by atoms with E-state index in [-0.39, 0.29) is 12.1 Å². The van der Waals surface area contributed by atoms with Gasteiger partial charge in [0.25, 0.3) is 5.91 Å². The van der Waals surface area contributed by atoms with E-state index in [4.69, 9.17) is 4.52 Å². The molecule has 1 heterocycles. The summed E-state index contributed by atoms with van der Waals surface area (Å²) in [6.07, 6.45) is 1.65. The second-order valence-corrected chi connectivity index (χ2v) is 3.50. The van der Waals surface area contributed by atoms with Crippen LogP contribution in [0.2, 0.25) is 0 Å². The number of halogens is 1. The van der Waals surface area contributed by atoms with Gasteiger partial charge in [-0.2, -0.15) is 4.98 Å². The average Bonchev–Trinajstić information content (AvgIpc) is 2.81. The predicted octanol–water partition coefficient (Wildman–Crippen LogP) is 0.887. The van der Waals surface area contributed by atoms with E-state index in [9.17, 15) is 14.3 Å². The Hall–Kier alpha value is -2.44. The van der Waals surface area contributed by atoms with Crippen LogP contribution < -0.4 is 5.32 Å². The maximum absolute atomic E-state index is 12.7. The summed E-state index contributed by atoms with van der Waals surface area (Å²) in [7, 11) is 0. The summed E-state index contributed by atoms with van der Waals surface area (Å²) in [5, 5.41) is 15.4. The fourth-order valence-electron chi connectivity index (χ4n) is 1.38. The fourth-order valence-corrected chi connectivity index (χ4v) is 1.38. The van der Waals surface area contributed by atoms with Crippen molar-refractivity contribution in [2.75, 3.05) is 6.54 Å². The lowest BCUT2D eigenvalue weighted by Crippen LogP contribution is -2.25. The Morgan fingerprint density at radius 3 is 3.00 bits per heavy atom. The number of carbonyl (C=O) groups is 1. The third-order valence-electron chi connectivity index (χ3n) is 2.24. The van der Waals surface area contributed by atoms with Crippen LogP contribution in [0.1, 0.15) is 16.2 Å². The van der Waals surface area contributed by atoms with Crippen LogP contribution in [-0.2, 0) is 6.42 Å². The standard InChI is InChI=1S/C11H10FN3O3/c12-7-1-2-8(9(16)5-7)11(17)13-4-3-10-14-6-15-18-10/h1-2,5-6,16H,3-4H2,(H,13,17). The quantitative estimate of drug-likeness (QED) is 0.842. The minimum atomic E-state index is -0.602. The number of aromatic hydroxyl groups is 1. The van der Waals surface area contributed by atoms with Crippen LogP contribution in [0, 0.1) is 5.82 Å². The van der Waals surface area contributed by atoms with Crippen molar-refractivity contribution in [3.05, 3.63) is 41.8 Å². The van der Waals surface area contributed by atoms with Gasteiger partial charge in [0, 0.05) is 19.0 Å². The molecule has 0 aliphatic heterocycles. The van der Waals surface area contributed by atoms with E-state index in [0.717, 1.165) is 12.1 Å². The topological polar surface area (TPSA) is 88.3 Å². The van der Waals surface area contributed by atoms with Gasteiger partial charge in [0.05, 0.1) is 5.56 Å². The Morgan fingerprint density at radius 2 is 2.33 bits per heavy atom. The molecule has 2 N–H and O–H groups in total. The summed E-state index contributed by atoms with van der Waals surface area (Å²) in [5.41, 5.74) is 0.0157. The van der Waals surface area contributed by atoms with Gasteiger partial charge >= 0.3 is 0 Å². The monoisotopic (exact) mass is 251 g/mol. The number of hydrogen-bond donors (Lipinski definition) is 2. The van der Waals surface area contributed by atoms with Gasteiger partial charge in [0.1, 0.15) is 11.6 Å². The first kappa shape index (κ1) is 12.0. The lowest BCUT2D eigenvalue weighted by molar-refractivity contribution is 0.0950. The summed E-state index contributed by atoms with van der Waals surface area (Å²) in [5.74, 6) is -1.09. The van der Waals surface area contributed by atoms with E-state index in [2.05, 4.69) is 15.5 Å². The van der Waals surface area contributed by atoms with E-state index < -0.39 is 17.5 Å². The third-order valence-corrected chi connectivity index (χ3v) is 2.24. The van der Waals surface area contributed by atoms with E-state index in [1.54, 1.807) is 0 Å². The van der Waals surface area contributed by atoms with Gasteiger partial charge < -0.3 is 14.9 Å². The van der Waals surface area contributed by atoms with E-state index in [0.29, 0.717) is 12.3 Å². The summed E-state index contributed by atoms with van der Waals surface area (Å²) in [4.78, 5) is 15.4. The predicted molar refractivity (Wildman–Crippen MR) is 58.4 cm³/mol. The molecule has 94 valence electrons. The largest absolute Gasteiger partial charge is 0.507 e. The van der Waals surface area contributed by atoms with Gasteiger partial charge in [-0.1, -0.05) is 5.16 Å². The number of phenols is 1. The van der Waals surface area contributed by atoms with Crippen LogP contribution in [0.4, 0.5) is 4.39 Å². The highest BCUT2D eigenvalue weighted by Gasteiger charge is 2.11. The van der Waals surface area contributed by atoms with Gasteiger partial charge in [0.15, 0.2) is 6.33 Å². The van der Waals surface area contributed by atoms with Crippen molar-refractivity contribution in [2.24, 2.45) is 0 Å². The van der Waals surface area contributed by atoms with Crippen molar-refractivity contribution in [1.29, 1.82) is 0 Å². The molecule has 6 nitrogen and oxygen atoms in total. The maximum Gasteiger partial charge on any atom is 0.255 e. The summed E-state index contributed by atoms with van der Waals surface area (Å²) < 4.78 is 17.5. The maximum atomic E-state index is 12.7. The Kier molecular flexibility index (Phi) is 3.52. The van der Waals surface area contributed by atoms with Crippen LogP contribution in [0.25, 0.3) is 0 Å². The first-order chi connectivity index (χ1) is 8.66. The summed E-state index contributed by atoms with van der Waals surface area (Å²) in [6, 6.07) is 3.20. The van der Waals surface area contributed by atoms with Gasteiger partial charge in [-0.05, 0) is 12.1 Å². The summed E-state index contributed by atoms with van der Waals surface area (Å²) in [6.45, 7) is 0.276. The number of hydrogen-bond acceptors (Lipinski definition) is 5. The minimum absolute atomic E-state index is 0.0157. The molecule has 0 saturated heterocycles. The van der Waals surface area contributed by atoms with Crippen LogP contribution in [-0.4, -0.2) is 27.7 Å². The molecule has 2 aromatic rings. The number of carbonyl (C=O) groups excluding carboxylic acids is 1. The minimum Gasteiger partial charge on any atom is -0.507 e. The van der Waals surface area contributed by atoms with E-state index in [1.165, 1.54) is 12.4 Å². The number of phenolic OH excluding ortho intramolecular Hbond substituents is 1. The second-order valence-electron chi connectivity index (χ2n) is 3.50. The molecule has 1 aromatic heterocycles. The van der Waals surface area contributed by atoms with Gasteiger partial charge in [-0.15, -0.1) is 0 Å². The van der Waals surface area contributed by atoms with Crippen molar-refractivity contribution in [3.8, 4) is 5.75 Å². The molecular formula is C11H10FN3O3. The van der Waals surface area contributed by atoms with Crippen LogP contribution in [0.15, 0.2) is 29.0 Å². The van der Waals surface area contributed by atoms with Crippen LogP contribution in [0.3, 0.4) is 0 Å². The number of nitrogens with one attached hydrogen (secondary N) is 1. The van der Waals surface area contributed by atoms with E-state index >= 15 is 0 Å². The van der Waals surface area contributed by atoms with Gasteiger partial charge in [-0.25, -0.2) is 4.39 Å². The summed E-state index contributed by atoms with van der Waals surface area (Å²) >= 11 is 0. The fraction of sp³-hybridized carbons (Fsp3) is 0.182. The zero-order chi connectivity index (χ0) is 13.0. The molecule has 0 radical (unpaired) electrons. The highest BCUT2D eigenvalue weighted by molar-refractivity contribution is 5.96. The Bertz CT molecular complexity index is 542. The van der Waals surface area contributed by atoms with Crippen molar-refractivity contribution >= 4 is 5.91 Å². The molecule has 0 atom stereocenters. The van der Waals surface area contributed by atoms with Crippen molar-refractivity contribution in [1.82, 2.24) is 15.5 Å². The Labute approximate surface area is 101 Å². The number of rotatable bonds is 4. The molecule has 1 aromatic carbocycles. The van der Waals surface area contributed by atoms with Gasteiger partial charge in [0.2, 0.25) is 5.89 Å². The first-order valence-corrected chi connectivity index (χ1v) is 5.19. The number of benzene rings is 1. The molecule has 0 saturated carbocycles. The zero-order valence-corrected chi connectivity index (χ0v) is 9.26. The molecule has 7 heteroatoms. The average molecular weight is 251 g/mol.